The van der Waals surface area contributed by atoms with Crippen LogP contribution in [0.25, 0.3) is 11.3 Å². The van der Waals surface area contributed by atoms with Crippen LogP contribution in [0.2, 0.25) is 5.02 Å². The molecular formula is C20H18ClN3O4S. The van der Waals surface area contributed by atoms with E-state index >= 15 is 0 Å². The number of rotatable bonds is 5. The van der Waals surface area contributed by atoms with Gasteiger partial charge in [0, 0.05) is 27.5 Å². The minimum absolute atomic E-state index is 0.146. The Morgan fingerprint density at radius 1 is 1.10 bits per heavy atom. The van der Waals surface area contributed by atoms with Crippen LogP contribution in [0, 0.1) is 0 Å². The van der Waals surface area contributed by atoms with Gasteiger partial charge in [-0.05, 0) is 56.0 Å². The summed E-state index contributed by atoms with van der Waals surface area (Å²) in [6.07, 6.45) is 4.25. The first-order chi connectivity index (χ1) is 13.8. The zero-order valence-electron chi connectivity index (χ0n) is 15.3. The Morgan fingerprint density at radius 2 is 1.83 bits per heavy atom. The molecule has 2 aromatic carbocycles. The Kier molecular flexibility index (Phi) is 5.06. The van der Waals surface area contributed by atoms with Crippen molar-refractivity contribution >= 4 is 33.3 Å². The SMILES string of the molecule is O=C(O)c1cc(Cl)ccc1S(=O)(=O)Nc1ccc(-c2n[nH]c3c2CCCC3)cc1. The molecule has 4 rings (SSSR count). The molecule has 0 aliphatic heterocycles. The Morgan fingerprint density at radius 3 is 2.55 bits per heavy atom. The first-order valence-corrected chi connectivity index (χ1v) is 10.9. The van der Waals surface area contributed by atoms with E-state index in [1.807, 2.05) is 0 Å². The lowest BCUT2D eigenvalue weighted by Gasteiger charge is -2.12. The van der Waals surface area contributed by atoms with Gasteiger partial charge in [0.05, 0.1) is 11.3 Å². The van der Waals surface area contributed by atoms with E-state index in [4.69, 9.17) is 11.6 Å². The molecule has 3 N–H and O–H groups in total. The van der Waals surface area contributed by atoms with Crippen molar-refractivity contribution in [1.82, 2.24) is 10.2 Å². The van der Waals surface area contributed by atoms with Gasteiger partial charge in [0.25, 0.3) is 10.0 Å². The highest BCUT2D eigenvalue weighted by molar-refractivity contribution is 7.92. The molecule has 0 radical (unpaired) electrons. The molecule has 0 atom stereocenters. The number of benzene rings is 2. The van der Waals surface area contributed by atoms with Gasteiger partial charge in [0.15, 0.2) is 0 Å². The molecule has 1 aromatic heterocycles. The molecule has 1 aliphatic carbocycles. The number of aromatic nitrogens is 2. The molecule has 3 aromatic rings. The summed E-state index contributed by atoms with van der Waals surface area (Å²) < 4.78 is 27.8. The third-order valence-electron chi connectivity index (χ3n) is 4.93. The number of carboxylic acid groups (broad SMARTS) is 1. The Hall–Kier alpha value is -2.84. The zero-order chi connectivity index (χ0) is 20.6. The molecule has 0 amide bonds. The Bertz CT molecular complexity index is 1190. The summed E-state index contributed by atoms with van der Waals surface area (Å²) in [5, 5.41) is 17.0. The second-order valence-electron chi connectivity index (χ2n) is 6.86. The van der Waals surface area contributed by atoms with Gasteiger partial charge in [0.2, 0.25) is 0 Å². The van der Waals surface area contributed by atoms with E-state index in [-0.39, 0.29) is 15.5 Å². The molecular weight excluding hydrogens is 414 g/mol. The number of nitrogens with one attached hydrogen (secondary N) is 2. The number of carbonyl (C=O) groups is 1. The topological polar surface area (TPSA) is 112 Å². The molecule has 0 fully saturated rings. The summed E-state index contributed by atoms with van der Waals surface area (Å²) in [6, 6.07) is 10.5. The fraction of sp³-hybridized carbons (Fsp3) is 0.200. The number of hydrogen-bond donors (Lipinski definition) is 3. The van der Waals surface area contributed by atoms with Crippen LogP contribution >= 0.6 is 11.6 Å². The average Bonchev–Trinajstić information content (AvgIpc) is 3.12. The maximum Gasteiger partial charge on any atom is 0.337 e. The third-order valence-corrected chi connectivity index (χ3v) is 6.60. The number of fused-ring (bicyclic) bond motifs is 1. The van der Waals surface area contributed by atoms with Crippen LogP contribution in [-0.4, -0.2) is 29.7 Å². The fourth-order valence-corrected chi connectivity index (χ4v) is 4.94. The van der Waals surface area contributed by atoms with Gasteiger partial charge in [-0.15, -0.1) is 0 Å². The summed E-state index contributed by atoms with van der Waals surface area (Å²) in [7, 11) is -4.10. The number of aromatic amines is 1. The lowest BCUT2D eigenvalue weighted by molar-refractivity contribution is 0.0692. The van der Waals surface area contributed by atoms with Crippen molar-refractivity contribution < 1.29 is 18.3 Å². The highest BCUT2D eigenvalue weighted by atomic mass is 35.5. The minimum Gasteiger partial charge on any atom is -0.478 e. The molecule has 0 spiro atoms. The second-order valence-corrected chi connectivity index (χ2v) is 8.95. The van der Waals surface area contributed by atoms with Crippen LogP contribution < -0.4 is 4.72 Å². The van der Waals surface area contributed by atoms with Crippen molar-refractivity contribution in [3.8, 4) is 11.3 Å². The molecule has 0 saturated carbocycles. The van der Waals surface area contributed by atoms with E-state index < -0.39 is 16.0 Å². The molecule has 0 unspecified atom stereocenters. The molecule has 7 nitrogen and oxygen atoms in total. The van der Waals surface area contributed by atoms with Crippen molar-refractivity contribution in [2.75, 3.05) is 4.72 Å². The first-order valence-electron chi connectivity index (χ1n) is 9.07. The molecule has 1 heterocycles. The van der Waals surface area contributed by atoms with E-state index in [0.29, 0.717) is 5.69 Å². The van der Waals surface area contributed by atoms with Crippen molar-refractivity contribution in [2.45, 2.75) is 30.6 Å². The quantitative estimate of drug-likeness (QED) is 0.562. The average molecular weight is 432 g/mol. The summed E-state index contributed by atoms with van der Waals surface area (Å²) >= 11 is 5.80. The summed E-state index contributed by atoms with van der Waals surface area (Å²) in [5.74, 6) is -1.37. The van der Waals surface area contributed by atoms with E-state index in [0.717, 1.165) is 43.0 Å². The van der Waals surface area contributed by atoms with E-state index in [1.165, 1.54) is 23.4 Å². The lowest BCUT2D eigenvalue weighted by Crippen LogP contribution is -2.16. The molecule has 150 valence electrons. The van der Waals surface area contributed by atoms with Crippen molar-refractivity contribution in [3.63, 3.8) is 0 Å². The van der Waals surface area contributed by atoms with Gasteiger partial charge in [-0.2, -0.15) is 5.10 Å². The summed E-state index contributed by atoms with van der Waals surface area (Å²) in [6.45, 7) is 0. The van der Waals surface area contributed by atoms with Gasteiger partial charge < -0.3 is 5.11 Å². The van der Waals surface area contributed by atoms with Crippen LogP contribution in [0.3, 0.4) is 0 Å². The van der Waals surface area contributed by atoms with E-state index in [9.17, 15) is 18.3 Å². The number of halogens is 1. The number of anilines is 1. The number of H-pyrrole nitrogens is 1. The number of sulfonamides is 1. The smallest absolute Gasteiger partial charge is 0.337 e. The van der Waals surface area contributed by atoms with Gasteiger partial charge >= 0.3 is 5.97 Å². The van der Waals surface area contributed by atoms with Crippen molar-refractivity contribution in [2.24, 2.45) is 0 Å². The predicted molar refractivity (Wildman–Crippen MR) is 110 cm³/mol. The lowest BCUT2D eigenvalue weighted by atomic mass is 9.94. The predicted octanol–water partition coefficient (Wildman–Crippen LogP) is 4.11. The van der Waals surface area contributed by atoms with E-state index in [2.05, 4.69) is 14.9 Å². The number of hydrogen-bond acceptors (Lipinski definition) is 4. The van der Waals surface area contributed by atoms with Gasteiger partial charge in [-0.1, -0.05) is 23.7 Å². The molecule has 0 saturated heterocycles. The van der Waals surface area contributed by atoms with Gasteiger partial charge in [-0.3, -0.25) is 9.82 Å². The van der Waals surface area contributed by atoms with Crippen LogP contribution in [0.5, 0.6) is 0 Å². The first kappa shape index (κ1) is 19.5. The number of nitrogens with zero attached hydrogens (tertiary/aromatic N) is 1. The maximum atomic E-state index is 12.7. The summed E-state index contributed by atoms with van der Waals surface area (Å²) in [5.41, 5.74) is 4.11. The summed E-state index contributed by atoms with van der Waals surface area (Å²) in [4.78, 5) is 11.1. The van der Waals surface area contributed by atoms with Crippen LogP contribution in [0.4, 0.5) is 5.69 Å². The van der Waals surface area contributed by atoms with Crippen LogP contribution in [-0.2, 0) is 22.9 Å². The van der Waals surface area contributed by atoms with E-state index in [1.54, 1.807) is 24.3 Å². The number of aryl methyl sites for hydroxylation is 1. The van der Waals surface area contributed by atoms with Crippen molar-refractivity contribution in [1.29, 1.82) is 0 Å². The fourth-order valence-electron chi connectivity index (χ4n) is 3.53. The Balaban J connectivity index is 1.61. The molecule has 29 heavy (non-hydrogen) atoms. The highest BCUT2D eigenvalue weighted by Gasteiger charge is 2.23. The zero-order valence-corrected chi connectivity index (χ0v) is 16.8. The molecule has 1 aliphatic rings. The van der Waals surface area contributed by atoms with Gasteiger partial charge in [-0.25, -0.2) is 13.2 Å². The van der Waals surface area contributed by atoms with Crippen molar-refractivity contribution in [3.05, 3.63) is 64.3 Å². The largest absolute Gasteiger partial charge is 0.478 e. The normalized spacial score (nSPS) is 13.7. The number of aromatic carboxylic acids is 1. The minimum atomic E-state index is -4.10. The third kappa shape index (κ3) is 3.86. The highest BCUT2D eigenvalue weighted by Crippen LogP contribution is 2.30. The standard InChI is InChI=1S/C20H18ClN3O4S/c21-13-7-10-18(16(11-13)20(25)26)29(27,28)24-14-8-5-12(6-9-14)19-15-3-1-2-4-17(15)22-23-19/h5-11,24H,1-4H2,(H,22,23)(H,25,26). The number of carboxylic acids is 1. The molecule has 0 bridgehead atoms. The van der Waals surface area contributed by atoms with Gasteiger partial charge in [0.1, 0.15) is 4.90 Å². The monoisotopic (exact) mass is 431 g/mol. The van der Waals surface area contributed by atoms with Crippen LogP contribution in [0.1, 0.15) is 34.5 Å². The van der Waals surface area contributed by atoms with Crippen LogP contribution in [0.15, 0.2) is 47.4 Å². The molecule has 9 heteroatoms. The Labute approximate surface area is 172 Å². The maximum absolute atomic E-state index is 12.7. The second kappa shape index (κ2) is 7.53.